The van der Waals surface area contributed by atoms with E-state index in [1.54, 1.807) is 7.11 Å². The van der Waals surface area contributed by atoms with Gasteiger partial charge in [-0.2, -0.15) is 0 Å². The van der Waals surface area contributed by atoms with Crippen molar-refractivity contribution in [1.29, 1.82) is 0 Å². The van der Waals surface area contributed by atoms with Crippen molar-refractivity contribution in [1.82, 2.24) is 0 Å². The van der Waals surface area contributed by atoms with Crippen LogP contribution in [-0.4, -0.2) is 18.9 Å². The Morgan fingerprint density at radius 3 is 2.18 bits per heavy atom. The molecule has 1 aromatic rings. The van der Waals surface area contributed by atoms with Gasteiger partial charge in [-0.1, -0.05) is 20.3 Å². The first-order chi connectivity index (χ1) is 15.5. The third-order valence-electron chi connectivity index (χ3n) is 11.4. The van der Waals surface area contributed by atoms with E-state index < -0.39 is 5.79 Å². The summed E-state index contributed by atoms with van der Waals surface area (Å²) in [5.74, 6) is 2.32. The van der Waals surface area contributed by atoms with Gasteiger partial charge in [-0.15, -0.1) is 0 Å². The summed E-state index contributed by atoms with van der Waals surface area (Å²) in [5, 5.41) is 0. The number of fused-ring (bicyclic) bond motifs is 5. The predicted octanol–water partition coefficient (Wildman–Crippen LogP) is 6.75. The Labute approximate surface area is 198 Å². The summed E-state index contributed by atoms with van der Waals surface area (Å²) in [4.78, 5) is 13.0. The van der Waals surface area contributed by atoms with Crippen LogP contribution in [0.25, 0.3) is 0 Å². The van der Waals surface area contributed by atoms with E-state index in [2.05, 4.69) is 46.8 Å². The highest BCUT2D eigenvalue weighted by Gasteiger charge is 2.75. The summed E-state index contributed by atoms with van der Waals surface area (Å²) in [6.45, 7) is 11.4. The molecule has 0 aromatic heterocycles. The molecule has 33 heavy (non-hydrogen) atoms. The fourth-order valence-corrected chi connectivity index (χ4v) is 9.83. The summed E-state index contributed by atoms with van der Waals surface area (Å²) in [7, 11) is 1.56. The molecule has 4 heteroatoms. The van der Waals surface area contributed by atoms with Gasteiger partial charge in [-0.3, -0.25) is 4.79 Å². The minimum atomic E-state index is -0.548. The molecule has 6 rings (SSSR count). The molecule has 180 valence electrons. The molecular weight excluding hydrogens is 412 g/mol. The molecule has 1 heterocycles. The van der Waals surface area contributed by atoms with Gasteiger partial charge in [0.2, 0.25) is 0 Å². The van der Waals surface area contributed by atoms with E-state index in [1.807, 2.05) is 0 Å². The molecule has 5 aliphatic rings. The lowest BCUT2D eigenvalue weighted by molar-refractivity contribution is -0.185. The topological polar surface area (TPSA) is 44.8 Å². The van der Waals surface area contributed by atoms with Gasteiger partial charge in [0.25, 0.3) is 5.79 Å². The highest BCUT2D eigenvalue weighted by molar-refractivity contribution is 5.77. The zero-order valence-electron chi connectivity index (χ0n) is 21.3. The molecule has 2 spiro atoms. The Morgan fingerprint density at radius 1 is 0.909 bits per heavy atom. The van der Waals surface area contributed by atoms with Crippen LogP contribution in [0.3, 0.4) is 0 Å². The molecule has 4 aliphatic carbocycles. The monoisotopic (exact) mass is 452 g/mol. The molecule has 0 saturated heterocycles. The highest BCUT2D eigenvalue weighted by atomic mass is 16.7. The number of hydrogen-bond acceptors (Lipinski definition) is 4. The first-order valence-corrected chi connectivity index (χ1v) is 13.1. The van der Waals surface area contributed by atoms with Crippen LogP contribution in [0, 0.1) is 47.3 Å². The molecule has 4 saturated carbocycles. The quantitative estimate of drug-likeness (QED) is 0.442. The first-order valence-electron chi connectivity index (χ1n) is 13.1. The summed E-state index contributed by atoms with van der Waals surface area (Å²) in [6.07, 6.45) is 10.1. The standard InChI is InChI=1S/C29H40O4/c1-18-14-20-21(15-19(18)2)33-29(32-20)17-28-13-9-22-26(4,23(28)8-12-25(29,3)16-28)10-7-11-27(22,5)24(30)31-6/h14-15,22-23H,7-13,16-17H2,1-6H3/t22-,23-,25-,26+,27+,28+/m0/s1. The maximum absolute atomic E-state index is 13.0. The first kappa shape index (κ1) is 21.8. The lowest BCUT2D eigenvalue weighted by atomic mass is 9.40. The number of ether oxygens (including phenoxy) is 3. The molecule has 2 bridgehead atoms. The Hall–Kier alpha value is -1.71. The average molecular weight is 453 g/mol. The number of esters is 1. The third kappa shape index (κ3) is 2.56. The van der Waals surface area contributed by atoms with Crippen LogP contribution >= 0.6 is 0 Å². The number of carbonyl (C=O) groups excluding carboxylic acids is 1. The summed E-state index contributed by atoms with van der Waals surface area (Å²) in [6, 6.07) is 4.34. The number of hydrogen-bond donors (Lipinski definition) is 0. The Balaban J connectivity index is 1.38. The summed E-state index contributed by atoms with van der Waals surface area (Å²) in [5.41, 5.74) is 2.59. The Kier molecular flexibility index (Phi) is 4.29. The van der Waals surface area contributed by atoms with Crippen molar-refractivity contribution in [2.75, 3.05) is 7.11 Å². The zero-order chi connectivity index (χ0) is 23.4. The number of rotatable bonds is 1. The van der Waals surface area contributed by atoms with Gasteiger partial charge in [0.05, 0.1) is 12.5 Å². The van der Waals surface area contributed by atoms with Crippen LogP contribution in [0.4, 0.5) is 0 Å². The normalized spacial score (nSPS) is 44.3. The molecular formula is C29H40O4. The average Bonchev–Trinajstić information content (AvgIpc) is 3.18. The Morgan fingerprint density at radius 2 is 1.55 bits per heavy atom. The van der Waals surface area contributed by atoms with Crippen molar-refractivity contribution in [3.63, 3.8) is 0 Å². The molecule has 6 atom stereocenters. The summed E-state index contributed by atoms with van der Waals surface area (Å²) >= 11 is 0. The van der Waals surface area contributed by atoms with E-state index in [1.165, 1.54) is 36.8 Å². The molecule has 4 nitrogen and oxygen atoms in total. The van der Waals surface area contributed by atoms with Crippen LogP contribution in [0.15, 0.2) is 12.1 Å². The SMILES string of the molecule is COC(=O)[C@]1(C)CCC[C@@]2(C)[C@@H]3CC[C@@]4(C)C[C@]3(CC[C@@H]21)CC41Oc2cc(C)c(C)cc2O1. The van der Waals surface area contributed by atoms with E-state index in [4.69, 9.17) is 14.2 Å². The van der Waals surface area contributed by atoms with Crippen molar-refractivity contribution in [3.8, 4) is 11.5 Å². The predicted molar refractivity (Wildman–Crippen MR) is 127 cm³/mol. The van der Waals surface area contributed by atoms with Crippen LogP contribution in [0.1, 0.15) is 89.7 Å². The number of carbonyl (C=O) groups is 1. The zero-order valence-corrected chi connectivity index (χ0v) is 21.3. The minimum absolute atomic E-state index is 0.00145. The Bertz CT molecular complexity index is 1000. The van der Waals surface area contributed by atoms with Crippen molar-refractivity contribution >= 4 is 5.97 Å². The number of benzene rings is 1. The maximum atomic E-state index is 13.0. The van der Waals surface area contributed by atoms with Gasteiger partial charge in [-0.05, 0) is 112 Å². The van der Waals surface area contributed by atoms with Crippen molar-refractivity contribution in [2.24, 2.45) is 33.5 Å². The van der Waals surface area contributed by atoms with Gasteiger partial charge in [0.15, 0.2) is 11.5 Å². The molecule has 4 fully saturated rings. The van der Waals surface area contributed by atoms with Crippen molar-refractivity contribution in [2.45, 2.75) is 98.2 Å². The minimum Gasteiger partial charge on any atom is -0.469 e. The molecule has 1 aromatic carbocycles. The van der Waals surface area contributed by atoms with E-state index in [-0.39, 0.29) is 27.6 Å². The third-order valence-corrected chi connectivity index (χ3v) is 11.4. The summed E-state index contributed by atoms with van der Waals surface area (Å²) < 4.78 is 19.0. The lowest BCUT2D eigenvalue weighted by Gasteiger charge is -2.63. The van der Waals surface area contributed by atoms with Crippen LogP contribution in [0.2, 0.25) is 0 Å². The van der Waals surface area contributed by atoms with Crippen molar-refractivity contribution < 1.29 is 19.0 Å². The smallest absolute Gasteiger partial charge is 0.311 e. The maximum Gasteiger partial charge on any atom is 0.311 e. The van der Waals surface area contributed by atoms with Gasteiger partial charge in [0, 0.05) is 11.8 Å². The second-order valence-electron chi connectivity index (χ2n) is 13.1. The second kappa shape index (κ2) is 6.49. The van der Waals surface area contributed by atoms with E-state index in [0.29, 0.717) is 11.8 Å². The fraction of sp³-hybridized carbons (Fsp3) is 0.759. The number of aryl methyl sites for hydroxylation is 2. The van der Waals surface area contributed by atoms with Gasteiger partial charge < -0.3 is 14.2 Å². The second-order valence-corrected chi connectivity index (χ2v) is 13.1. The number of methoxy groups -OCH3 is 1. The van der Waals surface area contributed by atoms with Gasteiger partial charge in [0.1, 0.15) is 0 Å². The molecule has 1 aliphatic heterocycles. The molecule has 0 unspecified atom stereocenters. The van der Waals surface area contributed by atoms with E-state index in [0.717, 1.165) is 43.6 Å². The molecule has 0 N–H and O–H groups in total. The van der Waals surface area contributed by atoms with Gasteiger partial charge in [-0.25, -0.2) is 0 Å². The fourth-order valence-electron chi connectivity index (χ4n) is 9.83. The van der Waals surface area contributed by atoms with Gasteiger partial charge >= 0.3 is 5.97 Å². The highest BCUT2D eigenvalue weighted by Crippen LogP contribution is 2.77. The van der Waals surface area contributed by atoms with E-state index >= 15 is 0 Å². The lowest BCUT2D eigenvalue weighted by Crippen LogP contribution is -2.58. The van der Waals surface area contributed by atoms with Crippen molar-refractivity contribution in [3.05, 3.63) is 23.3 Å². The van der Waals surface area contributed by atoms with E-state index in [9.17, 15) is 4.79 Å². The van der Waals surface area contributed by atoms with Crippen LogP contribution in [-0.2, 0) is 9.53 Å². The molecule has 0 radical (unpaired) electrons. The van der Waals surface area contributed by atoms with Crippen LogP contribution < -0.4 is 9.47 Å². The van der Waals surface area contributed by atoms with Crippen LogP contribution in [0.5, 0.6) is 11.5 Å². The molecule has 0 amide bonds. The largest absolute Gasteiger partial charge is 0.469 e.